The lowest BCUT2D eigenvalue weighted by atomic mass is 9.67. The Morgan fingerprint density at radius 2 is 2.15 bits per heavy atom. The Labute approximate surface area is 84.3 Å². The van der Waals surface area contributed by atoms with Gasteiger partial charge in [-0.25, -0.2) is 0 Å². The van der Waals surface area contributed by atoms with E-state index in [1.54, 1.807) is 0 Å². The molecule has 13 heavy (non-hydrogen) atoms. The number of carboxylic acids is 1. The molecule has 2 N–H and O–H groups in total. The third-order valence-corrected chi connectivity index (χ3v) is 3.29. The highest BCUT2D eigenvalue weighted by Gasteiger charge is 2.39. The van der Waals surface area contributed by atoms with Gasteiger partial charge in [0.25, 0.3) is 0 Å². The van der Waals surface area contributed by atoms with Gasteiger partial charge >= 0.3 is 5.97 Å². The third-order valence-electron chi connectivity index (χ3n) is 3.29. The number of aliphatic carboxylic acids is 1. The molecule has 1 aliphatic carbocycles. The Morgan fingerprint density at radius 1 is 1.38 bits per heavy atom. The molecule has 2 rings (SSSR count). The molecule has 3 unspecified atom stereocenters. The molecule has 4 heteroatoms. The monoisotopic (exact) mass is 205 g/mol. The number of hydrogen-bond donors (Lipinski definition) is 2. The average molecular weight is 206 g/mol. The zero-order valence-corrected chi connectivity index (χ0v) is 8.35. The summed E-state index contributed by atoms with van der Waals surface area (Å²) >= 11 is 0. The Kier molecular flexibility index (Phi) is 3.56. The predicted molar refractivity (Wildman–Crippen MR) is 52.1 cm³/mol. The van der Waals surface area contributed by atoms with Gasteiger partial charge in [0.2, 0.25) is 0 Å². The van der Waals surface area contributed by atoms with Crippen molar-refractivity contribution in [3.05, 3.63) is 0 Å². The van der Waals surface area contributed by atoms with Crippen LogP contribution in [0.1, 0.15) is 25.7 Å². The summed E-state index contributed by atoms with van der Waals surface area (Å²) in [7, 11) is 0. The fourth-order valence-corrected chi connectivity index (χ4v) is 2.49. The summed E-state index contributed by atoms with van der Waals surface area (Å²) in [6, 6.07) is 0.642. The van der Waals surface area contributed by atoms with Crippen LogP contribution in [0.5, 0.6) is 0 Å². The molecule has 3 atom stereocenters. The summed E-state index contributed by atoms with van der Waals surface area (Å²) in [5.41, 5.74) is 0. The predicted octanol–water partition coefficient (Wildman–Crippen LogP) is 1.27. The highest BCUT2D eigenvalue weighted by Crippen LogP contribution is 2.39. The van der Waals surface area contributed by atoms with Crippen molar-refractivity contribution in [2.75, 3.05) is 6.54 Å². The van der Waals surface area contributed by atoms with Crippen molar-refractivity contribution in [2.45, 2.75) is 31.7 Å². The van der Waals surface area contributed by atoms with E-state index in [2.05, 4.69) is 5.32 Å². The molecule has 0 bridgehead atoms. The van der Waals surface area contributed by atoms with Gasteiger partial charge < -0.3 is 10.4 Å². The number of piperidine rings is 1. The summed E-state index contributed by atoms with van der Waals surface area (Å²) in [6.07, 6.45) is 3.91. The van der Waals surface area contributed by atoms with Gasteiger partial charge in [0.05, 0.1) is 0 Å². The molecule has 1 aliphatic heterocycles. The van der Waals surface area contributed by atoms with Crippen molar-refractivity contribution < 1.29 is 9.90 Å². The maximum atomic E-state index is 10.5. The summed E-state index contributed by atoms with van der Waals surface area (Å²) < 4.78 is 0. The van der Waals surface area contributed by atoms with Gasteiger partial charge in [-0.3, -0.25) is 4.79 Å². The molecular formula is C9H16ClNO2. The lowest BCUT2D eigenvalue weighted by Gasteiger charge is -2.46. The van der Waals surface area contributed by atoms with E-state index in [1.165, 1.54) is 12.8 Å². The highest BCUT2D eigenvalue weighted by molar-refractivity contribution is 5.85. The highest BCUT2D eigenvalue weighted by atomic mass is 35.5. The fraction of sp³-hybridized carbons (Fsp3) is 0.889. The van der Waals surface area contributed by atoms with Crippen molar-refractivity contribution >= 4 is 18.4 Å². The molecule has 0 aromatic carbocycles. The maximum Gasteiger partial charge on any atom is 0.303 e. The van der Waals surface area contributed by atoms with Crippen LogP contribution in [-0.4, -0.2) is 23.7 Å². The molecule has 76 valence electrons. The molecular weight excluding hydrogens is 190 g/mol. The lowest BCUT2D eigenvalue weighted by Crippen LogP contribution is -2.52. The Morgan fingerprint density at radius 3 is 2.69 bits per heavy atom. The first-order valence-corrected chi connectivity index (χ1v) is 4.72. The molecule has 0 spiro atoms. The van der Waals surface area contributed by atoms with E-state index < -0.39 is 5.97 Å². The zero-order valence-electron chi connectivity index (χ0n) is 7.53. The van der Waals surface area contributed by atoms with E-state index in [-0.39, 0.29) is 12.4 Å². The molecule has 1 saturated carbocycles. The molecule has 2 fully saturated rings. The van der Waals surface area contributed by atoms with Crippen molar-refractivity contribution in [1.82, 2.24) is 5.32 Å². The van der Waals surface area contributed by atoms with Gasteiger partial charge in [0.1, 0.15) is 0 Å². The SMILES string of the molecule is Cl.O=C(O)CC1CCNC2CCC12. The number of rotatable bonds is 2. The zero-order chi connectivity index (χ0) is 8.55. The summed E-state index contributed by atoms with van der Waals surface area (Å²) in [5.74, 6) is 0.477. The fourth-order valence-electron chi connectivity index (χ4n) is 2.49. The van der Waals surface area contributed by atoms with Crippen molar-refractivity contribution in [1.29, 1.82) is 0 Å². The first-order valence-electron chi connectivity index (χ1n) is 4.72. The van der Waals surface area contributed by atoms with Gasteiger partial charge in [-0.2, -0.15) is 0 Å². The van der Waals surface area contributed by atoms with E-state index in [4.69, 9.17) is 5.11 Å². The first kappa shape index (κ1) is 10.8. The quantitative estimate of drug-likeness (QED) is 0.714. The summed E-state index contributed by atoms with van der Waals surface area (Å²) in [5, 5.41) is 12.1. The minimum atomic E-state index is -0.632. The van der Waals surface area contributed by atoms with Gasteiger partial charge in [0, 0.05) is 12.5 Å². The van der Waals surface area contributed by atoms with E-state index in [0.717, 1.165) is 13.0 Å². The topological polar surface area (TPSA) is 49.3 Å². The van der Waals surface area contributed by atoms with Crippen molar-refractivity contribution in [3.63, 3.8) is 0 Å². The second-order valence-corrected chi connectivity index (χ2v) is 3.95. The smallest absolute Gasteiger partial charge is 0.303 e. The van der Waals surface area contributed by atoms with E-state index in [1.807, 2.05) is 0 Å². The molecule has 0 aromatic heterocycles. The number of hydrogen-bond acceptors (Lipinski definition) is 2. The number of halogens is 1. The van der Waals surface area contributed by atoms with Crippen LogP contribution in [0.3, 0.4) is 0 Å². The summed E-state index contributed by atoms with van der Waals surface area (Å²) in [6.45, 7) is 1.01. The minimum absolute atomic E-state index is 0. The molecule has 1 saturated heterocycles. The molecule has 0 aromatic rings. The first-order chi connectivity index (χ1) is 5.77. The molecule has 2 aliphatic rings. The van der Waals surface area contributed by atoms with Crippen LogP contribution in [0.15, 0.2) is 0 Å². The Hall–Kier alpha value is -0.280. The van der Waals surface area contributed by atoms with E-state index in [0.29, 0.717) is 24.3 Å². The molecule has 1 heterocycles. The Balaban J connectivity index is 0.000000845. The number of fused-ring (bicyclic) bond motifs is 1. The van der Waals surface area contributed by atoms with Crippen LogP contribution < -0.4 is 5.32 Å². The van der Waals surface area contributed by atoms with E-state index in [9.17, 15) is 4.79 Å². The lowest BCUT2D eigenvalue weighted by molar-refractivity contribution is -0.139. The van der Waals surface area contributed by atoms with Crippen LogP contribution >= 0.6 is 12.4 Å². The van der Waals surface area contributed by atoms with Gasteiger partial charge in [-0.05, 0) is 37.6 Å². The number of nitrogens with one attached hydrogen (secondary N) is 1. The van der Waals surface area contributed by atoms with Crippen molar-refractivity contribution in [2.24, 2.45) is 11.8 Å². The van der Waals surface area contributed by atoms with Gasteiger partial charge in [-0.1, -0.05) is 0 Å². The molecule has 0 amide bonds. The largest absolute Gasteiger partial charge is 0.481 e. The van der Waals surface area contributed by atoms with Crippen LogP contribution in [0.25, 0.3) is 0 Å². The standard InChI is InChI=1S/C9H15NO2.ClH/c11-9(12)5-6-3-4-10-8-2-1-7(6)8;/h6-8,10H,1-5H2,(H,11,12);1H. The van der Waals surface area contributed by atoms with Crippen LogP contribution in [-0.2, 0) is 4.79 Å². The number of carbonyl (C=O) groups is 1. The van der Waals surface area contributed by atoms with Crippen LogP contribution in [0.2, 0.25) is 0 Å². The average Bonchev–Trinajstić information content (AvgIpc) is 1.91. The normalized spacial score (nSPS) is 36.8. The minimum Gasteiger partial charge on any atom is -0.481 e. The van der Waals surface area contributed by atoms with Gasteiger partial charge in [-0.15, -0.1) is 12.4 Å². The second-order valence-electron chi connectivity index (χ2n) is 3.95. The van der Waals surface area contributed by atoms with Crippen molar-refractivity contribution in [3.8, 4) is 0 Å². The van der Waals surface area contributed by atoms with E-state index >= 15 is 0 Å². The number of carboxylic acid groups (broad SMARTS) is 1. The van der Waals surface area contributed by atoms with Gasteiger partial charge in [0.15, 0.2) is 0 Å². The van der Waals surface area contributed by atoms with Crippen LogP contribution in [0, 0.1) is 11.8 Å². The Bertz CT molecular complexity index is 198. The second kappa shape index (κ2) is 4.29. The third kappa shape index (κ3) is 2.15. The summed E-state index contributed by atoms with van der Waals surface area (Å²) in [4.78, 5) is 10.5. The molecule has 3 nitrogen and oxygen atoms in total. The maximum absolute atomic E-state index is 10.5. The molecule has 0 radical (unpaired) electrons. The van der Waals surface area contributed by atoms with Crippen LogP contribution in [0.4, 0.5) is 0 Å².